The Hall–Kier alpha value is -1.11. The van der Waals surface area contributed by atoms with Crippen LogP contribution in [0.25, 0.3) is 0 Å². The topological polar surface area (TPSA) is 23.9 Å². The third kappa shape index (κ3) is 1.97. The van der Waals surface area contributed by atoms with Crippen LogP contribution in [0.15, 0.2) is 24.3 Å². The van der Waals surface area contributed by atoms with Crippen LogP contribution in [-0.4, -0.2) is 5.71 Å². The molecule has 0 atom stereocenters. The summed E-state index contributed by atoms with van der Waals surface area (Å²) in [6, 6.07) is 8.81. The van der Waals surface area contributed by atoms with E-state index in [0.717, 1.165) is 12.1 Å². The molecule has 1 heteroatoms. The molecule has 0 unspecified atom stereocenters. The molecule has 0 aromatic heterocycles. The van der Waals surface area contributed by atoms with Gasteiger partial charge in [-0.2, -0.15) is 0 Å². The van der Waals surface area contributed by atoms with Crippen molar-refractivity contribution in [3.05, 3.63) is 35.4 Å². The van der Waals surface area contributed by atoms with Crippen LogP contribution >= 0.6 is 0 Å². The van der Waals surface area contributed by atoms with Crippen molar-refractivity contribution in [3.8, 4) is 0 Å². The van der Waals surface area contributed by atoms with Gasteiger partial charge in [-0.1, -0.05) is 36.2 Å². The standard InChI is InChI=1S/C14H19N/c1-11-5-3-6-13(9-11)14(7-4-8-14)10-12(2)15/h3,5-6,9,15H,4,7-8,10H2,1-2H3. The minimum absolute atomic E-state index is 0.303. The van der Waals surface area contributed by atoms with E-state index < -0.39 is 0 Å². The van der Waals surface area contributed by atoms with E-state index >= 15 is 0 Å². The van der Waals surface area contributed by atoms with Gasteiger partial charge in [-0.3, -0.25) is 0 Å². The van der Waals surface area contributed by atoms with Crippen molar-refractivity contribution in [1.29, 1.82) is 5.41 Å². The highest BCUT2D eigenvalue weighted by Crippen LogP contribution is 2.46. The van der Waals surface area contributed by atoms with Crippen LogP contribution in [0.2, 0.25) is 0 Å². The normalized spacial score (nSPS) is 18.3. The summed E-state index contributed by atoms with van der Waals surface area (Å²) in [5, 5.41) is 7.69. The van der Waals surface area contributed by atoms with Gasteiger partial charge in [0.25, 0.3) is 0 Å². The van der Waals surface area contributed by atoms with Crippen molar-refractivity contribution in [2.24, 2.45) is 0 Å². The molecule has 1 N–H and O–H groups in total. The van der Waals surface area contributed by atoms with E-state index in [4.69, 9.17) is 5.41 Å². The lowest BCUT2D eigenvalue weighted by atomic mass is 9.62. The molecule has 0 saturated heterocycles. The van der Waals surface area contributed by atoms with Gasteiger partial charge in [0.1, 0.15) is 0 Å². The zero-order valence-corrected chi connectivity index (χ0v) is 9.64. The Bertz CT molecular complexity index is 375. The fourth-order valence-electron chi connectivity index (χ4n) is 2.65. The van der Waals surface area contributed by atoms with Crippen LogP contribution in [-0.2, 0) is 5.41 Å². The summed E-state index contributed by atoms with van der Waals surface area (Å²) in [4.78, 5) is 0. The highest BCUT2D eigenvalue weighted by atomic mass is 14.5. The first-order chi connectivity index (χ1) is 7.12. The number of rotatable bonds is 3. The quantitative estimate of drug-likeness (QED) is 0.718. The van der Waals surface area contributed by atoms with Crippen molar-refractivity contribution < 1.29 is 0 Å². The lowest BCUT2D eigenvalue weighted by molar-refractivity contribution is 0.252. The number of hydrogen-bond acceptors (Lipinski definition) is 1. The highest BCUT2D eigenvalue weighted by molar-refractivity contribution is 5.80. The minimum atomic E-state index is 0.303. The molecule has 1 fully saturated rings. The summed E-state index contributed by atoms with van der Waals surface area (Å²) in [6.07, 6.45) is 4.77. The van der Waals surface area contributed by atoms with Crippen molar-refractivity contribution in [3.63, 3.8) is 0 Å². The second-order valence-corrected chi connectivity index (χ2v) is 4.96. The zero-order chi connectivity index (χ0) is 10.9. The molecule has 0 spiro atoms. The van der Waals surface area contributed by atoms with Crippen LogP contribution in [0.5, 0.6) is 0 Å². The summed E-state index contributed by atoms with van der Waals surface area (Å²) in [6.45, 7) is 4.07. The SMILES string of the molecule is CC(=N)CC1(c2cccc(C)c2)CCC1. The van der Waals surface area contributed by atoms with Gasteiger partial charge in [-0.05, 0) is 38.7 Å². The van der Waals surface area contributed by atoms with Gasteiger partial charge in [-0.25, -0.2) is 0 Å². The van der Waals surface area contributed by atoms with Crippen molar-refractivity contribution >= 4 is 5.71 Å². The van der Waals surface area contributed by atoms with Gasteiger partial charge < -0.3 is 5.41 Å². The van der Waals surface area contributed by atoms with Crippen LogP contribution in [0.3, 0.4) is 0 Å². The molecule has 1 aliphatic carbocycles. The smallest absolute Gasteiger partial charge is 0.00670 e. The Labute approximate surface area is 92.0 Å². The third-order valence-electron chi connectivity index (χ3n) is 3.54. The predicted molar refractivity (Wildman–Crippen MR) is 64.7 cm³/mol. The molecule has 80 valence electrons. The fourth-order valence-corrected chi connectivity index (χ4v) is 2.65. The molecule has 0 aliphatic heterocycles. The van der Waals surface area contributed by atoms with Crippen LogP contribution in [0.4, 0.5) is 0 Å². The molecule has 15 heavy (non-hydrogen) atoms. The van der Waals surface area contributed by atoms with Gasteiger partial charge in [0, 0.05) is 11.1 Å². The van der Waals surface area contributed by atoms with Crippen molar-refractivity contribution in [2.75, 3.05) is 0 Å². The van der Waals surface area contributed by atoms with Crippen molar-refractivity contribution in [1.82, 2.24) is 0 Å². The molecule has 1 aromatic rings. The van der Waals surface area contributed by atoms with Gasteiger partial charge in [0.15, 0.2) is 0 Å². The maximum Gasteiger partial charge on any atom is 0.00670 e. The molecule has 1 nitrogen and oxygen atoms in total. The number of benzene rings is 1. The predicted octanol–water partition coefficient (Wildman–Crippen LogP) is 3.85. The van der Waals surface area contributed by atoms with E-state index in [1.165, 1.54) is 30.4 Å². The first-order valence-electron chi connectivity index (χ1n) is 5.74. The molecule has 0 bridgehead atoms. The average molecular weight is 201 g/mol. The summed E-state index contributed by atoms with van der Waals surface area (Å²) in [5.74, 6) is 0. The van der Waals surface area contributed by atoms with E-state index in [1.54, 1.807) is 0 Å². The fraction of sp³-hybridized carbons (Fsp3) is 0.500. The maximum absolute atomic E-state index is 7.69. The molecule has 1 aliphatic rings. The van der Waals surface area contributed by atoms with Crippen LogP contribution in [0.1, 0.15) is 43.7 Å². The Kier molecular flexibility index (Phi) is 2.64. The highest BCUT2D eigenvalue weighted by Gasteiger charge is 2.38. The lowest BCUT2D eigenvalue weighted by Crippen LogP contribution is -2.36. The summed E-state index contributed by atoms with van der Waals surface area (Å²) in [7, 11) is 0. The van der Waals surface area contributed by atoms with E-state index in [9.17, 15) is 0 Å². The number of nitrogens with one attached hydrogen (secondary N) is 1. The molecular weight excluding hydrogens is 182 g/mol. The first kappa shape index (κ1) is 10.4. The number of hydrogen-bond donors (Lipinski definition) is 1. The van der Waals surface area contributed by atoms with E-state index in [-0.39, 0.29) is 0 Å². The van der Waals surface area contributed by atoms with Gasteiger partial charge in [-0.15, -0.1) is 0 Å². The van der Waals surface area contributed by atoms with Crippen LogP contribution < -0.4 is 0 Å². The second-order valence-electron chi connectivity index (χ2n) is 4.96. The molecular formula is C14H19N. The molecule has 1 aromatic carbocycles. The largest absolute Gasteiger partial charge is 0.310 e. The number of aryl methyl sites for hydroxylation is 1. The molecule has 0 radical (unpaired) electrons. The van der Waals surface area contributed by atoms with Gasteiger partial charge in [0.05, 0.1) is 0 Å². The van der Waals surface area contributed by atoms with E-state index in [1.807, 2.05) is 6.92 Å². The summed E-state index contributed by atoms with van der Waals surface area (Å²) >= 11 is 0. The third-order valence-corrected chi connectivity index (χ3v) is 3.54. The molecule has 0 amide bonds. The lowest BCUT2D eigenvalue weighted by Gasteiger charge is -2.42. The minimum Gasteiger partial charge on any atom is -0.310 e. The maximum atomic E-state index is 7.69. The second kappa shape index (κ2) is 3.80. The van der Waals surface area contributed by atoms with Gasteiger partial charge in [0.2, 0.25) is 0 Å². The Morgan fingerprint density at radius 3 is 2.60 bits per heavy atom. The van der Waals surface area contributed by atoms with Crippen LogP contribution in [0, 0.1) is 12.3 Å². The summed E-state index contributed by atoms with van der Waals surface area (Å²) in [5.41, 5.74) is 3.90. The van der Waals surface area contributed by atoms with Crippen molar-refractivity contribution in [2.45, 2.75) is 44.9 Å². The van der Waals surface area contributed by atoms with Gasteiger partial charge >= 0.3 is 0 Å². The van der Waals surface area contributed by atoms with E-state index in [2.05, 4.69) is 31.2 Å². The zero-order valence-electron chi connectivity index (χ0n) is 9.64. The Balaban J connectivity index is 2.29. The van der Waals surface area contributed by atoms with E-state index in [0.29, 0.717) is 5.41 Å². The first-order valence-corrected chi connectivity index (χ1v) is 5.74. The molecule has 1 saturated carbocycles. The Morgan fingerprint density at radius 2 is 2.13 bits per heavy atom. The molecule has 2 rings (SSSR count). The average Bonchev–Trinajstić information content (AvgIpc) is 2.11. The summed E-state index contributed by atoms with van der Waals surface area (Å²) < 4.78 is 0. The monoisotopic (exact) mass is 201 g/mol. The molecule has 0 heterocycles. The Morgan fingerprint density at radius 1 is 1.40 bits per heavy atom.